The lowest BCUT2D eigenvalue weighted by Crippen LogP contribution is -2.49. The van der Waals surface area contributed by atoms with Gasteiger partial charge in [0.2, 0.25) is 0 Å². The van der Waals surface area contributed by atoms with Crippen molar-refractivity contribution in [3.63, 3.8) is 0 Å². The zero-order valence-electron chi connectivity index (χ0n) is 9.98. The van der Waals surface area contributed by atoms with Crippen molar-refractivity contribution < 1.29 is 4.21 Å². The normalized spacial score (nSPS) is 31.5. The highest BCUT2D eigenvalue weighted by atomic mass is 32.2. The quantitative estimate of drug-likeness (QED) is 0.784. The van der Waals surface area contributed by atoms with E-state index in [9.17, 15) is 4.21 Å². The summed E-state index contributed by atoms with van der Waals surface area (Å²) >= 11 is 0. The molecular weight excluding hydrogens is 218 g/mol. The molecule has 0 aliphatic carbocycles. The van der Waals surface area contributed by atoms with Gasteiger partial charge in [0.15, 0.2) is 0 Å². The van der Waals surface area contributed by atoms with Crippen molar-refractivity contribution in [3.8, 4) is 0 Å². The van der Waals surface area contributed by atoms with E-state index in [1.54, 1.807) is 0 Å². The summed E-state index contributed by atoms with van der Waals surface area (Å²) in [5, 5.41) is 0. The predicted octanol–water partition coefficient (Wildman–Crippen LogP) is 1.99. The molecule has 2 atom stereocenters. The first-order valence-corrected chi connectivity index (χ1v) is 7.13. The smallest absolute Gasteiger partial charge is 0.0831 e. The molecule has 1 aromatic carbocycles. The molecule has 1 aliphatic heterocycles. The highest BCUT2D eigenvalue weighted by Crippen LogP contribution is 2.35. The van der Waals surface area contributed by atoms with Crippen molar-refractivity contribution in [3.05, 3.63) is 35.9 Å². The topological polar surface area (TPSA) is 20.3 Å². The summed E-state index contributed by atoms with van der Waals surface area (Å²) < 4.78 is 12.2. The second kappa shape index (κ2) is 4.68. The molecule has 88 valence electrons. The van der Waals surface area contributed by atoms with Crippen LogP contribution >= 0.6 is 0 Å². The van der Waals surface area contributed by atoms with Crippen molar-refractivity contribution in [2.75, 3.05) is 25.9 Å². The van der Waals surface area contributed by atoms with Gasteiger partial charge in [-0.3, -0.25) is 4.21 Å². The van der Waals surface area contributed by atoms with Gasteiger partial charge in [-0.05, 0) is 19.0 Å². The molecule has 1 heterocycles. The van der Waals surface area contributed by atoms with E-state index in [1.807, 2.05) is 18.2 Å². The van der Waals surface area contributed by atoms with Crippen LogP contribution in [-0.2, 0) is 15.5 Å². The first kappa shape index (κ1) is 11.8. The lowest BCUT2D eigenvalue weighted by atomic mass is 9.94. The Labute approximate surface area is 100 Å². The van der Waals surface area contributed by atoms with E-state index < -0.39 is 10.8 Å². The fraction of sp³-hybridized carbons (Fsp3) is 0.538. The molecule has 1 aromatic rings. The van der Waals surface area contributed by atoms with Gasteiger partial charge in [0.1, 0.15) is 0 Å². The molecule has 2 rings (SSSR count). The van der Waals surface area contributed by atoms with Crippen molar-refractivity contribution in [1.29, 1.82) is 0 Å². The summed E-state index contributed by atoms with van der Waals surface area (Å²) in [4.78, 5) is 2.29. The Kier molecular flexibility index (Phi) is 3.45. The molecule has 0 unspecified atom stereocenters. The minimum Gasteiger partial charge on any atom is -0.304 e. The third-order valence-corrected chi connectivity index (χ3v) is 5.57. The largest absolute Gasteiger partial charge is 0.304 e. The number of likely N-dealkylation sites (N-methyl/N-ethyl adjacent to an activating group) is 1. The molecule has 1 aliphatic rings. The molecule has 1 saturated heterocycles. The maximum absolute atomic E-state index is 12.4. The Morgan fingerprint density at radius 3 is 2.69 bits per heavy atom. The van der Waals surface area contributed by atoms with Gasteiger partial charge in [-0.25, -0.2) is 0 Å². The second-order valence-corrected chi connectivity index (χ2v) is 6.38. The molecule has 0 N–H and O–H groups in total. The molecule has 0 amide bonds. The molecule has 0 bridgehead atoms. The van der Waals surface area contributed by atoms with Crippen LogP contribution in [0.1, 0.15) is 18.9 Å². The molecule has 3 heteroatoms. The van der Waals surface area contributed by atoms with Gasteiger partial charge in [-0.15, -0.1) is 0 Å². The summed E-state index contributed by atoms with van der Waals surface area (Å²) in [6.07, 6.45) is 0.938. The lowest BCUT2D eigenvalue weighted by Gasteiger charge is -2.40. The van der Waals surface area contributed by atoms with Gasteiger partial charge in [-0.1, -0.05) is 37.3 Å². The van der Waals surface area contributed by atoms with Crippen LogP contribution in [0, 0.1) is 0 Å². The Hall–Kier alpha value is -0.670. The highest BCUT2D eigenvalue weighted by molar-refractivity contribution is 7.86. The maximum Gasteiger partial charge on any atom is 0.0831 e. The monoisotopic (exact) mass is 237 g/mol. The Bertz CT molecular complexity index is 379. The first-order valence-electron chi connectivity index (χ1n) is 5.81. The molecule has 0 saturated carbocycles. The van der Waals surface area contributed by atoms with E-state index in [0.29, 0.717) is 0 Å². The fourth-order valence-electron chi connectivity index (χ4n) is 2.46. The van der Waals surface area contributed by atoms with Crippen LogP contribution in [-0.4, -0.2) is 35.0 Å². The van der Waals surface area contributed by atoms with E-state index in [-0.39, 0.29) is 4.75 Å². The van der Waals surface area contributed by atoms with E-state index in [0.717, 1.165) is 25.3 Å². The predicted molar refractivity (Wildman–Crippen MR) is 68.9 cm³/mol. The van der Waals surface area contributed by atoms with Crippen molar-refractivity contribution in [1.82, 2.24) is 4.90 Å². The summed E-state index contributed by atoms with van der Waals surface area (Å²) in [5.41, 5.74) is 1.22. The summed E-state index contributed by atoms with van der Waals surface area (Å²) in [6.45, 7) is 3.99. The molecular formula is C13H19NOS. The third-order valence-electron chi connectivity index (χ3n) is 3.49. The molecule has 1 fully saturated rings. The fourth-order valence-corrected chi connectivity index (χ4v) is 4.42. The van der Waals surface area contributed by atoms with E-state index >= 15 is 0 Å². The van der Waals surface area contributed by atoms with Crippen LogP contribution in [0.4, 0.5) is 0 Å². The number of benzene rings is 1. The molecule has 0 radical (unpaired) electrons. The van der Waals surface area contributed by atoms with Gasteiger partial charge >= 0.3 is 0 Å². The van der Waals surface area contributed by atoms with Crippen LogP contribution in [0.5, 0.6) is 0 Å². The van der Waals surface area contributed by atoms with E-state index in [2.05, 4.69) is 31.0 Å². The zero-order chi connectivity index (χ0) is 11.6. The van der Waals surface area contributed by atoms with E-state index in [4.69, 9.17) is 0 Å². The summed E-state index contributed by atoms with van der Waals surface area (Å²) in [6, 6.07) is 10.3. The van der Waals surface area contributed by atoms with Crippen LogP contribution < -0.4 is 0 Å². The van der Waals surface area contributed by atoms with Crippen LogP contribution in [0.2, 0.25) is 0 Å². The lowest BCUT2D eigenvalue weighted by molar-refractivity contribution is 0.287. The number of hydrogen-bond acceptors (Lipinski definition) is 2. The second-order valence-electron chi connectivity index (χ2n) is 4.50. The molecule has 2 nitrogen and oxygen atoms in total. The Morgan fingerprint density at radius 1 is 1.38 bits per heavy atom. The number of rotatable bonds is 2. The van der Waals surface area contributed by atoms with Crippen LogP contribution in [0.25, 0.3) is 0 Å². The SMILES string of the molecule is CC[C@@]1(c2ccccc2)CN(C)CC[S@@]1=O. The zero-order valence-corrected chi connectivity index (χ0v) is 10.8. The van der Waals surface area contributed by atoms with Crippen LogP contribution in [0.3, 0.4) is 0 Å². The van der Waals surface area contributed by atoms with Crippen molar-refractivity contribution >= 4 is 10.8 Å². The average Bonchev–Trinajstić information content (AvgIpc) is 2.33. The molecule has 0 aromatic heterocycles. The Balaban J connectivity index is 2.41. The van der Waals surface area contributed by atoms with Crippen LogP contribution in [0.15, 0.2) is 30.3 Å². The minimum absolute atomic E-state index is 0.158. The standard InChI is InChI=1S/C13H19NOS/c1-3-13(12-7-5-4-6-8-12)11-14(2)9-10-16(13)15/h4-8H,3,9-11H2,1-2H3/t13-,16-/m0/s1. The highest BCUT2D eigenvalue weighted by Gasteiger charge is 2.40. The number of hydrogen-bond donors (Lipinski definition) is 0. The van der Waals surface area contributed by atoms with Gasteiger partial charge in [0.05, 0.1) is 4.75 Å². The van der Waals surface area contributed by atoms with Gasteiger partial charge in [0.25, 0.3) is 0 Å². The summed E-state index contributed by atoms with van der Waals surface area (Å²) in [7, 11) is 1.36. The van der Waals surface area contributed by atoms with E-state index in [1.165, 1.54) is 5.56 Å². The average molecular weight is 237 g/mol. The van der Waals surface area contributed by atoms with Gasteiger partial charge in [0, 0.05) is 29.6 Å². The molecule has 0 spiro atoms. The van der Waals surface area contributed by atoms with Gasteiger partial charge < -0.3 is 4.90 Å². The summed E-state index contributed by atoms with van der Waals surface area (Å²) in [5.74, 6) is 0.791. The first-order chi connectivity index (χ1) is 7.69. The molecule has 16 heavy (non-hydrogen) atoms. The van der Waals surface area contributed by atoms with Crippen molar-refractivity contribution in [2.45, 2.75) is 18.1 Å². The number of nitrogens with zero attached hydrogens (tertiary/aromatic N) is 1. The maximum atomic E-state index is 12.4. The van der Waals surface area contributed by atoms with Gasteiger partial charge in [-0.2, -0.15) is 0 Å². The van der Waals surface area contributed by atoms with Crippen molar-refractivity contribution in [2.24, 2.45) is 0 Å². The Morgan fingerprint density at radius 2 is 2.06 bits per heavy atom. The minimum atomic E-state index is -0.750. The third kappa shape index (κ3) is 1.94.